The fourth-order valence-electron chi connectivity index (χ4n) is 0.875. The van der Waals surface area contributed by atoms with Crippen LogP contribution in [0.5, 0.6) is 0 Å². The van der Waals surface area contributed by atoms with Gasteiger partial charge in [0.15, 0.2) is 0 Å². The van der Waals surface area contributed by atoms with E-state index in [9.17, 15) is 0 Å². The summed E-state index contributed by atoms with van der Waals surface area (Å²) in [5.74, 6) is 0. The molecule has 0 saturated heterocycles. The van der Waals surface area contributed by atoms with Gasteiger partial charge < -0.3 is 15.2 Å². The first-order valence-electron chi connectivity index (χ1n) is 4.78. The predicted molar refractivity (Wildman–Crippen MR) is 54.7 cm³/mol. The lowest BCUT2D eigenvalue weighted by molar-refractivity contribution is 0.0726. The third-order valence-electron chi connectivity index (χ3n) is 1.71. The normalized spacial score (nSPS) is 14.5. The van der Waals surface area contributed by atoms with Gasteiger partial charge in [-0.3, -0.25) is 0 Å². The molecule has 0 radical (unpaired) electrons. The van der Waals surface area contributed by atoms with E-state index in [-0.39, 0.29) is 6.04 Å². The quantitative estimate of drug-likeness (QED) is 0.643. The highest BCUT2D eigenvalue weighted by Gasteiger charge is 2.09. The zero-order valence-electron chi connectivity index (χ0n) is 9.30. The molecule has 2 N–H and O–H groups in total. The summed E-state index contributed by atoms with van der Waals surface area (Å²) in [5, 5.41) is 0. The van der Waals surface area contributed by atoms with Crippen molar-refractivity contribution in [2.24, 2.45) is 11.1 Å². The van der Waals surface area contributed by atoms with Gasteiger partial charge in [-0.15, -0.1) is 0 Å². The van der Waals surface area contributed by atoms with Gasteiger partial charge >= 0.3 is 0 Å². The molecule has 0 fully saturated rings. The molecule has 0 aromatic carbocycles. The minimum absolute atomic E-state index is 0.00460. The topological polar surface area (TPSA) is 44.5 Å². The van der Waals surface area contributed by atoms with Crippen molar-refractivity contribution in [1.29, 1.82) is 0 Å². The smallest absolute Gasteiger partial charge is 0.0640 e. The lowest BCUT2D eigenvalue weighted by atomic mass is 9.93. The second-order valence-electron chi connectivity index (χ2n) is 4.60. The molecular weight excluding hydrogens is 166 g/mol. The standard InChI is InChI=1S/C10H23NO2/c1-10(2,3)5-6-13-8-9(11)7-12-4/h9H,5-8,11H2,1-4H3. The maximum atomic E-state index is 5.68. The number of hydrogen-bond acceptors (Lipinski definition) is 3. The minimum atomic E-state index is 0.00460. The molecule has 80 valence electrons. The lowest BCUT2D eigenvalue weighted by Crippen LogP contribution is -2.31. The predicted octanol–water partition coefficient (Wildman–Crippen LogP) is 1.41. The van der Waals surface area contributed by atoms with E-state index in [0.717, 1.165) is 13.0 Å². The summed E-state index contributed by atoms with van der Waals surface area (Å²) in [6.07, 6.45) is 1.06. The Kier molecular flexibility index (Phi) is 6.29. The molecule has 13 heavy (non-hydrogen) atoms. The lowest BCUT2D eigenvalue weighted by Gasteiger charge is -2.18. The molecule has 3 heteroatoms. The van der Waals surface area contributed by atoms with Crippen LogP contribution in [0, 0.1) is 5.41 Å². The van der Waals surface area contributed by atoms with E-state index in [2.05, 4.69) is 20.8 Å². The van der Waals surface area contributed by atoms with E-state index in [1.807, 2.05) is 0 Å². The molecule has 0 heterocycles. The molecule has 0 rings (SSSR count). The van der Waals surface area contributed by atoms with Crippen LogP contribution in [0.1, 0.15) is 27.2 Å². The Morgan fingerprint density at radius 1 is 1.23 bits per heavy atom. The second-order valence-corrected chi connectivity index (χ2v) is 4.60. The summed E-state index contributed by atoms with van der Waals surface area (Å²) < 4.78 is 10.3. The SMILES string of the molecule is COCC(N)COCCC(C)(C)C. The number of rotatable bonds is 6. The van der Waals surface area contributed by atoms with Crippen LogP contribution in [-0.2, 0) is 9.47 Å². The van der Waals surface area contributed by atoms with E-state index < -0.39 is 0 Å². The number of hydrogen-bond donors (Lipinski definition) is 1. The van der Waals surface area contributed by atoms with E-state index in [1.165, 1.54) is 0 Å². The van der Waals surface area contributed by atoms with Crippen LogP contribution >= 0.6 is 0 Å². The average Bonchev–Trinajstić information content (AvgIpc) is 1.97. The maximum absolute atomic E-state index is 5.68. The van der Waals surface area contributed by atoms with Crippen LogP contribution in [0.25, 0.3) is 0 Å². The van der Waals surface area contributed by atoms with Crippen molar-refractivity contribution in [2.45, 2.75) is 33.2 Å². The van der Waals surface area contributed by atoms with E-state index in [1.54, 1.807) is 7.11 Å². The van der Waals surface area contributed by atoms with Gasteiger partial charge in [0.25, 0.3) is 0 Å². The van der Waals surface area contributed by atoms with E-state index in [4.69, 9.17) is 15.2 Å². The average molecular weight is 189 g/mol. The molecule has 0 spiro atoms. The summed E-state index contributed by atoms with van der Waals surface area (Å²) in [7, 11) is 1.65. The zero-order chi connectivity index (χ0) is 10.3. The molecule has 0 saturated carbocycles. The second kappa shape index (κ2) is 6.35. The fourth-order valence-corrected chi connectivity index (χ4v) is 0.875. The largest absolute Gasteiger partial charge is 0.383 e. The monoisotopic (exact) mass is 189 g/mol. The molecule has 0 aliphatic carbocycles. The molecule has 1 atom stereocenters. The molecule has 3 nitrogen and oxygen atoms in total. The Labute approximate surface area is 81.6 Å². The van der Waals surface area contributed by atoms with E-state index in [0.29, 0.717) is 18.6 Å². The Morgan fingerprint density at radius 2 is 1.85 bits per heavy atom. The number of methoxy groups -OCH3 is 1. The van der Waals surface area contributed by atoms with Crippen LogP contribution in [-0.4, -0.2) is 33.0 Å². The summed E-state index contributed by atoms with van der Waals surface area (Å²) in [6, 6.07) is 0.00460. The summed E-state index contributed by atoms with van der Waals surface area (Å²) in [5.41, 5.74) is 6.02. The van der Waals surface area contributed by atoms with Gasteiger partial charge in [-0.1, -0.05) is 20.8 Å². The van der Waals surface area contributed by atoms with Gasteiger partial charge in [-0.05, 0) is 11.8 Å². The number of nitrogens with two attached hydrogens (primary N) is 1. The highest BCUT2D eigenvalue weighted by molar-refractivity contribution is 4.61. The van der Waals surface area contributed by atoms with Crippen LogP contribution in [0.4, 0.5) is 0 Å². The first kappa shape index (κ1) is 12.9. The van der Waals surface area contributed by atoms with Crippen molar-refractivity contribution in [1.82, 2.24) is 0 Å². The van der Waals surface area contributed by atoms with E-state index >= 15 is 0 Å². The first-order valence-corrected chi connectivity index (χ1v) is 4.78. The summed E-state index contributed by atoms with van der Waals surface area (Å²) >= 11 is 0. The fraction of sp³-hybridized carbons (Fsp3) is 1.00. The van der Waals surface area contributed by atoms with Gasteiger partial charge in [0.1, 0.15) is 0 Å². The van der Waals surface area contributed by atoms with Gasteiger partial charge in [0, 0.05) is 13.7 Å². The molecule has 0 aromatic rings. The van der Waals surface area contributed by atoms with Crippen molar-refractivity contribution in [3.05, 3.63) is 0 Å². The van der Waals surface area contributed by atoms with Gasteiger partial charge in [0.2, 0.25) is 0 Å². The zero-order valence-corrected chi connectivity index (χ0v) is 9.30. The van der Waals surface area contributed by atoms with Gasteiger partial charge in [-0.25, -0.2) is 0 Å². The van der Waals surface area contributed by atoms with Crippen molar-refractivity contribution < 1.29 is 9.47 Å². The molecule has 0 bridgehead atoms. The maximum Gasteiger partial charge on any atom is 0.0640 e. The molecule has 0 amide bonds. The highest BCUT2D eigenvalue weighted by atomic mass is 16.5. The third kappa shape index (κ3) is 9.80. The Hall–Kier alpha value is -0.120. The Morgan fingerprint density at radius 3 is 2.31 bits per heavy atom. The van der Waals surface area contributed by atoms with Crippen molar-refractivity contribution >= 4 is 0 Å². The first-order chi connectivity index (χ1) is 5.95. The third-order valence-corrected chi connectivity index (χ3v) is 1.71. The highest BCUT2D eigenvalue weighted by Crippen LogP contribution is 2.17. The number of ether oxygens (including phenoxy) is 2. The molecule has 0 aliphatic heterocycles. The minimum Gasteiger partial charge on any atom is -0.383 e. The van der Waals surface area contributed by atoms with Crippen LogP contribution in [0.15, 0.2) is 0 Å². The Bertz CT molecular complexity index is 121. The van der Waals surface area contributed by atoms with Gasteiger partial charge in [-0.2, -0.15) is 0 Å². The molecule has 0 aromatic heterocycles. The summed E-state index contributed by atoms with van der Waals surface area (Å²) in [6.45, 7) is 8.53. The van der Waals surface area contributed by atoms with Crippen molar-refractivity contribution in [3.63, 3.8) is 0 Å². The summed E-state index contributed by atoms with van der Waals surface area (Å²) in [4.78, 5) is 0. The van der Waals surface area contributed by atoms with Crippen LogP contribution in [0.3, 0.4) is 0 Å². The molecule has 1 unspecified atom stereocenters. The van der Waals surface area contributed by atoms with Crippen molar-refractivity contribution in [3.8, 4) is 0 Å². The molecular formula is C10H23NO2. The Balaban J connectivity index is 3.25. The van der Waals surface area contributed by atoms with Crippen LogP contribution in [0.2, 0.25) is 0 Å². The van der Waals surface area contributed by atoms with Crippen molar-refractivity contribution in [2.75, 3.05) is 26.9 Å². The molecule has 0 aliphatic rings. The van der Waals surface area contributed by atoms with Gasteiger partial charge in [0.05, 0.1) is 19.3 Å². The van der Waals surface area contributed by atoms with Crippen LogP contribution < -0.4 is 5.73 Å².